The predicted molar refractivity (Wildman–Crippen MR) is 82.6 cm³/mol. The van der Waals surface area contributed by atoms with Crippen LogP contribution in [-0.2, 0) is 0 Å². The summed E-state index contributed by atoms with van der Waals surface area (Å²) in [6, 6.07) is 5.18. The molecule has 0 bridgehead atoms. The Morgan fingerprint density at radius 3 is 2.61 bits per heavy atom. The lowest BCUT2D eigenvalue weighted by Crippen LogP contribution is -2.33. The minimum atomic E-state index is 0.352. The Morgan fingerprint density at radius 1 is 1.44 bits per heavy atom. The van der Waals surface area contributed by atoms with Gasteiger partial charge in [-0.1, -0.05) is 13.0 Å². The van der Waals surface area contributed by atoms with Crippen molar-refractivity contribution in [3.05, 3.63) is 23.9 Å². The van der Waals surface area contributed by atoms with Crippen LogP contribution in [0.2, 0.25) is 0 Å². The highest BCUT2D eigenvalue weighted by molar-refractivity contribution is 7.98. The molecule has 3 nitrogen and oxygen atoms in total. The second-order valence-corrected chi connectivity index (χ2v) is 5.50. The van der Waals surface area contributed by atoms with Crippen molar-refractivity contribution in [2.45, 2.75) is 32.4 Å². The van der Waals surface area contributed by atoms with E-state index >= 15 is 0 Å². The second kappa shape index (κ2) is 7.64. The van der Waals surface area contributed by atoms with Crippen molar-refractivity contribution in [1.82, 2.24) is 10.3 Å². The summed E-state index contributed by atoms with van der Waals surface area (Å²) < 4.78 is 0. The van der Waals surface area contributed by atoms with Crippen molar-refractivity contribution in [2.75, 3.05) is 31.0 Å². The highest BCUT2D eigenvalue weighted by Gasteiger charge is 2.14. The topological polar surface area (TPSA) is 28.2 Å². The Morgan fingerprint density at radius 2 is 2.17 bits per heavy atom. The molecule has 2 unspecified atom stereocenters. The van der Waals surface area contributed by atoms with Gasteiger partial charge in [-0.2, -0.15) is 11.8 Å². The molecule has 2 atom stereocenters. The Bertz CT molecular complexity index is 339. The first kappa shape index (κ1) is 15.3. The zero-order chi connectivity index (χ0) is 13.5. The Labute approximate surface area is 115 Å². The molecule has 0 aliphatic rings. The van der Waals surface area contributed by atoms with Gasteiger partial charge in [-0.25, -0.2) is 4.98 Å². The van der Waals surface area contributed by atoms with Gasteiger partial charge in [0.1, 0.15) is 5.82 Å². The molecular weight excluding hydrogens is 242 g/mol. The molecule has 1 aromatic rings. The van der Waals surface area contributed by atoms with Crippen LogP contribution in [0, 0.1) is 0 Å². The van der Waals surface area contributed by atoms with Gasteiger partial charge < -0.3 is 10.2 Å². The molecule has 1 heterocycles. The molecule has 102 valence electrons. The van der Waals surface area contributed by atoms with Crippen molar-refractivity contribution in [3.8, 4) is 0 Å². The highest BCUT2D eigenvalue weighted by Crippen LogP contribution is 2.19. The summed E-state index contributed by atoms with van der Waals surface area (Å²) in [4.78, 5) is 6.86. The van der Waals surface area contributed by atoms with Gasteiger partial charge in [0.15, 0.2) is 0 Å². The Kier molecular flexibility index (Phi) is 6.50. The van der Waals surface area contributed by atoms with E-state index in [-0.39, 0.29) is 0 Å². The number of pyridine rings is 1. The monoisotopic (exact) mass is 267 g/mol. The number of aromatic nitrogens is 1. The van der Waals surface area contributed by atoms with E-state index in [0.717, 1.165) is 18.0 Å². The Balaban J connectivity index is 2.77. The van der Waals surface area contributed by atoms with Gasteiger partial charge in [0.25, 0.3) is 0 Å². The molecule has 0 radical (unpaired) electrons. The maximum absolute atomic E-state index is 4.58. The summed E-state index contributed by atoms with van der Waals surface area (Å²) >= 11 is 1.89. The summed E-state index contributed by atoms with van der Waals surface area (Å²) in [5.41, 5.74) is 1.23. The van der Waals surface area contributed by atoms with E-state index in [1.807, 2.05) is 25.0 Å². The van der Waals surface area contributed by atoms with Crippen molar-refractivity contribution in [2.24, 2.45) is 0 Å². The fourth-order valence-electron chi connectivity index (χ4n) is 1.91. The van der Waals surface area contributed by atoms with Gasteiger partial charge in [-0.15, -0.1) is 0 Å². The molecule has 1 N–H and O–H groups in total. The van der Waals surface area contributed by atoms with Gasteiger partial charge in [0.05, 0.1) is 0 Å². The molecule has 18 heavy (non-hydrogen) atoms. The lowest BCUT2D eigenvalue weighted by atomic mass is 10.1. The van der Waals surface area contributed by atoms with Gasteiger partial charge in [-0.3, -0.25) is 0 Å². The van der Waals surface area contributed by atoms with E-state index in [0.29, 0.717) is 12.1 Å². The number of hydrogen-bond donors (Lipinski definition) is 1. The molecule has 4 heteroatoms. The number of nitrogens with one attached hydrogen (secondary N) is 1. The third-order valence-electron chi connectivity index (χ3n) is 3.44. The molecule has 0 aliphatic carbocycles. The van der Waals surface area contributed by atoms with Gasteiger partial charge in [-0.05, 0) is 38.3 Å². The smallest absolute Gasteiger partial charge is 0.128 e. The number of anilines is 1. The number of rotatable bonds is 7. The zero-order valence-corrected chi connectivity index (χ0v) is 12.9. The van der Waals surface area contributed by atoms with Crippen LogP contribution in [0.4, 0.5) is 5.82 Å². The third kappa shape index (κ3) is 3.89. The largest absolute Gasteiger partial charge is 0.356 e. The van der Waals surface area contributed by atoms with Gasteiger partial charge in [0.2, 0.25) is 0 Å². The summed E-state index contributed by atoms with van der Waals surface area (Å²) in [7, 11) is 4.10. The molecular formula is C14H25N3S. The standard InChI is InChI=1S/C14H25N3S/c1-6-13(10-18-5)17(4)14-8-7-12(9-16-14)11(2)15-3/h7-9,11,13,15H,6,10H2,1-5H3. The lowest BCUT2D eigenvalue weighted by Gasteiger charge is -2.28. The van der Waals surface area contributed by atoms with E-state index in [1.165, 1.54) is 5.56 Å². The minimum Gasteiger partial charge on any atom is -0.356 e. The van der Waals surface area contributed by atoms with Crippen LogP contribution in [-0.4, -0.2) is 37.1 Å². The third-order valence-corrected chi connectivity index (χ3v) is 4.16. The summed E-state index contributed by atoms with van der Waals surface area (Å²) in [5.74, 6) is 2.20. The average molecular weight is 267 g/mol. The van der Waals surface area contributed by atoms with Crippen molar-refractivity contribution < 1.29 is 0 Å². The SMILES string of the molecule is CCC(CSC)N(C)c1ccc(C(C)NC)cn1. The fraction of sp³-hybridized carbons (Fsp3) is 0.643. The first-order valence-electron chi connectivity index (χ1n) is 6.49. The number of hydrogen-bond acceptors (Lipinski definition) is 4. The second-order valence-electron chi connectivity index (χ2n) is 4.59. The van der Waals surface area contributed by atoms with Crippen LogP contribution in [0.3, 0.4) is 0 Å². The van der Waals surface area contributed by atoms with E-state index in [2.05, 4.69) is 54.5 Å². The van der Waals surface area contributed by atoms with E-state index in [9.17, 15) is 0 Å². The molecule has 0 aromatic carbocycles. The lowest BCUT2D eigenvalue weighted by molar-refractivity contribution is 0.644. The van der Waals surface area contributed by atoms with Gasteiger partial charge in [0, 0.05) is 31.1 Å². The number of nitrogens with zero attached hydrogens (tertiary/aromatic N) is 2. The van der Waals surface area contributed by atoms with Crippen molar-refractivity contribution in [1.29, 1.82) is 0 Å². The predicted octanol–water partition coefficient (Wildman–Crippen LogP) is 2.94. The normalized spacial score (nSPS) is 14.3. The van der Waals surface area contributed by atoms with Crippen LogP contribution in [0.25, 0.3) is 0 Å². The molecule has 0 spiro atoms. The summed E-state index contributed by atoms with van der Waals surface area (Å²) in [5, 5.41) is 3.23. The van der Waals surface area contributed by atoms with E-state index < -0.39 is 0 Å². The van der Waals surface area contributed by atoms with E-state index in [4.69, 9.17) is 0 Å². The van der Waals surface area contributed by atoms with Crippen LogP contribution >= 0.6 is 11.8 Å². The van der Waals surface area contributed by atoms with Crippen molar-refractivity contribution >= 4 is 17.6 Å². The van der Waals surface area contributed by atoms with Crippen LogP contribution in [0.1, 0.15) is 31.9 Å². The molecule has 1 aromatic heterocycles. The zero-order valence-electron chi connectivity index (χ0n) is 12.1. The van der Waals surface area contributed by atoms with E-state index in [1.54, 1.807) is 0 Å². The fourth-order valence-corrected chi connectivity index (χ4v) is 2.76. The average Bonchev–Trinajstić information content (AvgIpc) is 2.43. The first-order chi connectivity index (χ1) is 8.63. The molecule has 0 fully saturated rings. The van der Waals surface area contributed by atoms with Gasteiger partial charge >= 0.3 is 0 Å². The maximum atomic E-state index is 4.58. The molecule has 0 amide bonds. The van der Waals surface area contributed by atoms with Crippen molar-refractivity contribution in [3.63, 3.8) is 0 Å². The molecule has 0 saturated carbocycles. The quantitative estimate of drug-likeness (QED) is 0.822. The van der Waals surface area contributed by atoms with Crippen LogP contribution in [0.15, 0.2) is 18.3 Å². The highest BCUT2D eigenvalue weighted by atomic mass is 32.2. The van der Waals surface area contributed by atoms with Crippen LogP contribution in [0.5, 0.6) is 0 Å². The summed E-state index contributed by atoms with van der Waals surface area (Å²) in [6.07, 6.45) is 5.27. The molecule has 0 aliphatic heterocycles. The first-order valence-corrected chi connectivity index (χ1v) is 7.88. The number of thioether (sulfide) groups is 1. The Hall–Kier alpha value is -0.740. The maximum Gasteiger partial charge on any atom is 0.128 e. The molecule has 0 saturated heterocycles. The molecule has 1 rings (SSSR count). The summed E-state index contributed by atoms with van der Waals surface area (Å²) in [6.45, 7) is 4.37. The van der Waals surface area contributed by atoms with Crippen LogP contribution < -0.4 is 10.2 Å². The minimum absolute atomic E-state index is 0.352.